The van der Waals surface area contributed by atoms with Gasteiger partial charge in [0.1, 0.15) is 11.2 Å². The van der Waals surface area contributed by atoms with Gasteiger partial charge in [0.05, 0.1) is 11.0 Å². The van der Waals surface area contributed by atoms with Crippen LogP contribution in [-0.2, 0) is 0 Å². The molecule has 8 aromatic carbocycles. The predicted octanol–water partition coefficient (Wildman–Crippen LogP) is 13.2. The molecule has 0 unspecified atom stereocenters. The fourth-order valence-electron chi connectivity index (χ4n) is 8.11. The summed E-state index contributed by atoms with van der Waals surface area (Å²) in [5.41, 5.74) is 12.1. The molecular weight excluding hydrogens is 685 g/mol. The van der Waals surface area contributed by atoms with Gasteiger partial charge in [-0.2, -0.15) is 9.97 Å². The van der Waals surface area contributed by atoms with Crippen molar-refractivity contribution in [1.29, 1.82) is 0 Å². The minimum absolute atomic E-state index is 0.539. The lowest BCUT2D eigenvalue weighted by molar-refractivity contribution is 0.669. The first kappa shape index (κ1) is 31.9. The molecule has 3 aromatic heterocycles. The summed E-state index contributed by atoms with van der Waals surface area (Å²) < 4.78 is 8.74. The molecule has 5 nitrogen and oxygen atoms in total. The minimum Gasteiger partial charge on any atom is -0.456 e. The molecule has 0 N–H and O–H groups in total. The second-order valence-corrected chi connectivity index (χ2v) is 14.0. The zero-order valence-corrected chi connectivity index (χ0v) is 30.2. The van der Waals surface area contributed by atoms with Gasteiger partial charge in [0.25, 0.3) is 0 Å². The normalized spacial score (nSPS) is 11.6. The lowest BCUT2D eigenvalue weighted by Gasteiger charge is -2.13. The molecule has 0 bridgehead atoms. The third-order valence-electron chi connectivity index (χ3n) is 10.7. The van der Waals surface area contributed by atoms with E-state index in [0.717, 1.165) is 88.3 Å². The summed E-state index contributed by atoms with van der Waals surface area (Å²) in [6.45, 7) is 0. The Hall–Kier alpha value is -7.63. The number of hydrogen-bond donors (Lipinski definition) is 0. The summed E-state index contributed by atoms with van der Waals surface area (Å²) in [6, 6.07) is 67.3. The van der Waals surface area contributed by atoms with Crippen molar-refractivity contribution in [3.05, 3.63) is 194 Å². The first-order valence-corrected chi connectivity index (χ1v) is 18.8. The van der Waals surface area contributed by atoms with E-state index in [1.165, 1.54) is 0 Å². The van der Waals surface area contributed by atoms with Crippen LogP contribution in [0, 0.1) is 0 Å². The Morgan fingerprint density at radius 2 is 0.911 bits per heavy atom. The first-order valence-electron chi connectivity index (χ1n) is 18.8. The fraction of sp³-hybridized carbons (Fsp3) is 0. The van der Waals surface area contributed by atoms with E-state index < -0.39 is 0 Å². The molecule has 262 valence electrons. The van der Waals surface area contributed by atoms with E-state index in [1.54, 1.807) is 0 Å². The van der Waals surface area contributed by atoms with Gasteiger partial charge < -0.3 is 4.42 Å². The van der Waals surface area contributed by atoms with Crippen LogP contribution >= 0.6 is 0 Å². The highest BCUT2D eigenvalue weighted by Crippen LogP contribution is 2.41. The summed E-state index contributed by atoms with van der Waals surface area (Å²) in [6.07, 6.45) is 0. The quantitative estimate of drug-likeness (QED) is 0.172. The van der Waals surface area contributed by atoms with Gasteiger partial charge in [0.15, 0.2) is 11.6 Å². The van der Waals surface area contributed by atoms with Crippen LogP contribution in [0.3, 0.4) is 0 Å². The molecular formula is C51H32N4O. The molecule has 3 heterocycles. The second-order valence-electron chi connectivity index (χ2n) is 14.0. The van der Waals surface area contributed by atoms with Crippen molar-refractivity contribution in [2.45, 2.75) is 0 Å². The van der Waals surface area contributed by atoms with E-state index >= 15 is 0 Å². The molecule has 56 heavy (non-hydrogen) atoms. The SMILES string of the molecule is c1ccc(-c2cccc(-c3nc(-c4cc(-c5ccccc5)c5c(c4)oc4ccccc45)nc(-n4c5ccccc5c5c(-c6ccccc6)cccc54)n3)c2)cc1. The maximum absolute atomic E-state index is 6.55. The highest BCUT2D eigenvalue weighted by Gasteiger charge is 2.22. The van der Waals surface area contributed by atoms with Crippen LogP contribution in [-0.4, -0.2) is 19.5 Å². The minimum atomic E-state index is 0.539. The van der Waals surface area contributed by atoms with Crippen LogP contribution in [0.25, 0.3) is 106 Å². The Morgan fingerprint density at radius 3 is 1.68 bits per heavy atom. The monoisotopic (exact) mass is 716 g/mol. The average Bonchev–Trinajstić information content (AvgIpc) is 3.83. The highest BCUT2D eigenvalue weighted by molar-refractivity contribution is 6.16. The zero-order valence-electron chi connectivity index (χ0n) is 30.2. The lowest BCUT2D eigenvalue weighted by Crippen LogP contribution is -2.06. The van der Waals surface area contributed by atoms with Gasteiger partial charge in [-0.15, -0.1) is 0 Å². The van der Waals surface area contributed by atoms with Gasteiger partial charge in [0, 0.05) is 32.7 Å². The Labute approximate surface area is 322 Å². The summed E-state index contributed by atoms with van der Waals surface area (Å²) >= 11 is 0. The number of fused-ring (bicyclic) bond motifs is 6. The van der Waals surface area contributed by atoms with E-state index in [-0.39, 0.29) is 0 Å². The molecule has 0 spiro atoms. The number of nitrogens with zero attached hydrogens (tertiary/aromatic N) is 4. The van der Waals surface area contributed by atoms with Crippen LogP contribution in [0.4, 0.5) is 0 Å². The Kier molecular flexibility index (Phi) is 7.42. The number of furan rings is 1. The summed E-state index contributed by atoms with van der Waals surface area (Å²) in [5, 5.41) is 4.42. The third kappa shape index (κ3) is 5.29. The molecule has 0 atom stereocenters. The van der Waals surface area contributed by atoms with E-state index in [4.69, 9.17) is 19.4 Å². The van der Waals surface area contributed by atoms with Gasteiger partial charge in [0.2, 0.25) is 5.95 Å². The van der Waals surface area contributed by atoms with Crippen LogP contribution in [0.5, 0.6) is 0 Å². The molecule has 0 aliphatic rings. The van der Waals surface area contributed by atoms with Crippen molar-refractivity contribution in [1.82, 2.24) is 19.5 Å². The molecule has 0 amide bonds. The van der Waals surface area contributed by atoms with Crippen molar-refractivity contribution in [2.75, 3.05) is 0 Å². The fourth-order valence-corrected chi connectivity index (χ4v) is 8.11. The molecule has 0 radical (unpaired) electrons. The molecule has 11 aromatic rings. The second kappa shape index (κ2) is 13.0. The number of aromatic nitrogens is 4. The Morgan fingerprint density at radius 1 is 0.339 bits per heavy atom. The molecule has 5 heteroatoms. The molecule has 0 aliphatic carbocycles. The topological polar surface area (TPSA) is 56.7 Å². The smallest absolute Gasteiger partial charge is 0.238 e. The largest absolute Gasteiger partial charge is 0.456 e. The van der Waals surface area contributed by atoms with E-state index in [9.17, 15) is 0 Å². The third-order valence-corrected chi connectivity index (χ3v) is 10.7. The van der Waals surface area contributed by atoms with Crippen LogP contribution < -0.4 is 0 Å². The Bertz CT molecular complexity index is 3240. The number of rotatable bonds is 6. The summed E-state index contributed by atoms with van der Waals surface area (Å²) in [5.74, 6) is 1.68. The van der Waals surface area contributed by atoms with Gasteiger partial charge in [-0.3, -0.25) is 4.57 Å². The van der Waals surface area contributed by atoms with Gasteiger partial charge in [-0.25, -0.2) is 4.98 Å². The van der Waals surface area contributed by atoms with E-state index in [1.807, 2.05) is 24.3 Å². The van der Waals surface area contributed by atoms with Crippen LogP contribution in [0.2, 0.25) is 0 Å². The lowest BCUT2D eigenvalue weighted by atomic mass is 9.97. The molecule has 11 rings (SSSR count). The standard InChI is InChI=1S/C51H32N4O/c1-4-16-33(17-5-1)36-22-14-23-37(30-36)49-52-50(38-31-42(35-20-8-3-9-21-35)48-41-25-11-13-29-45(41)56-46(48)32-38)54-51(53-49)55-43-27-12-10-24-40(43)47-39(26-15-28-44(47)55)34-18-6-2-7-19-34/h1-32H. The maximum Gasteiger partial charge on any atom is 0.238 e. The van der Waals surface area contributed by atoms with E-state index in [0.29, 0.717) is 17.6 Å². The van der Waals surface area contributed by atoms with Gasteiger partial charge in [-0.05, 0) is 69.8 Å². The number of benzene rings is 8. The van der Waals surface area contributed by atoms with Crippen LogP contribution in [0.1, 0.15) is 0 Å². The van der Waals surface area contributed by atoms with Crippen molar-refractivity contribution in [3.8, 4) is 62.1 Å². The zero-order chi connectivity index (χ0) is 37.0. The first-order chi connectivity index (χ1) is 27.8. The molecule has 0 fully saturated rings. The van der Waals surface area contributed by atoms with Gasteiger partial charge in [-0.1, -0.05) is 158 Å². The molecule has 0 saturated carbocycles. The summed E-state index contributed by atoms with van der Waals surface area (Å²) in [7, 11) is 0. The van der Waals surface area contributed by atoms with Crippen molar-refractivity contribution >= 4 is 43.7 Å². The van der Waals surface area contributed by atoms with Crippen molar-refractivity contribution in [3.63, 3.8) is 0 Å². The number of para-hydroxylation sites is 2. The highest BCUT2D eigenvalue weighted by atomic mass is 16.3. The number of hydrogen-bond acceptors (Lipinski definition) is 4. The molecule has 0 saturated heterocycles. The van der Waals surface area contributed by atoms with E-state index in [2.05, 4.69) is 174 Å². The molecule has 0 aliphatic heterocycles. The predicted molar refractivity (Wildman–Crippen MR) is 229 cm³/mol. The van der Waals surface area contributed by atoms with Crippen molar-refractivity contribution in [2.24, 2.45) is 0 Å². The van der Waals surface area contributed by atoms with Gasteiger partial charge >= 0.3 is 0 Å². The maximum atomic E-state index is 6.55. The summed E-state index contributed by atoms with van der Waals surface area (Å²) in [4.78, 5) is 15.9. The Balaban J connectivity index is 1.21. The average molecular weight is 717 g/mol. The van der Waals surface area contributed by atoms with Crippen LogP contribution in [0.15, 0.2) is 199 Å². The van der Waals surface area contributed by atoms with Crippen molar-refractivity contribution < 1.29 is 4.42 Å².